The molecule has 1 aliphatic rings. The van der Waals surface area contributed by atoms with Gasteiger partial charge in [0, 0.05) is 29.9 Å². The molecule has 0 aliphatic carbocycles. The maximum absolute atomic E-state index is 15.0. The van der Waals surface area contributed by atoms with Crippen molar-refractivity contribution in [2.24, 2.45) is 0 Å². The minimum absolute atomic E-state index is 0.111. The van der Waals surface area contributed by atoms with Crippen molar-refractivity contribution in [3.05, 3.63) is 101 Å². The molecule has 1 unspecified atom stereocenters. The minimum Gasteiger partial charge on any atom is -0.462 e. The van der Waals surface area contributed by atoms with Gasteiger partial charge in [-0.2, -0.15) is 0 Å². The van der Waals surface area contributed by atoms with Crippen molar-refractivity contribution in [2.75, 3.05) is 24.6 Å². The van der Waals surface area contributed by atoms with Crippen molar-refractivity contribution < 1.29 is 18.7 Å². The maximum atomic E-state index is 15.0. The fourth-order valence-electron chi connectivity index (χ4n) is 4.56. The quantitative estimate of drug-likeness (QED) is 0.442. The van der Waals surface area contributed by atoms with E-state index in [-0.39, 0.29) is 18.1 Å². The Morgan fingerprint density at radius 3 is 2.26 bits per heavy atom. The van der Waals surface area contributed by atoms with Gasteiger partial charge >= 0.3 is 5.97 Å². The number of ether oxygens (including phenoxy) is 1. The third-order valence-electron chi connectivity index (χ3n) is 6.30. The molecule has 3 aromatic rings. The van der Waals surface area contributed by atoms with E-state index >= 15 is 0 Å². The van der Waals surface area contributed by atoms with Crippen LogP contribution in [-0.2, 0) is 16.0 Å². The molecular weight excluding hydrogens is 443 g/mol. The number of carbonyl (C=O) groups excluding carboxylic acids is 2. The normalized spacial score (nSPS) is 14.3. The van der Waals surface area contributed by atoms with E-state index in [1.54, 1.807) is 49.4 Å². The van der Waals surface area contributed by atoms with E-state index in [9.17, 15) is 14.0 Å². The van der Waals surface area contributed by atoms with Crippen molar-refractivity contribution in [2.45, 2.75) is 38.6 Å². The molecule has 1 fully saturated rings. The number of hydrogen-bond donors (Lipinski definition) is 1. The summed E-state index contributed by atoms with van der Waals surface area (Å²) in [5, 5.41) is 3.08. The Morgan fingerprint density at radius 1 is 0.914 bits per heavy atom. The third kappa shape index (κ3) is 6.07. The number of nitrogens with zero attached hydrogens (tertiary/aromatic N) is 1. The van der Waals surface area contributed by atoms with E-state index in [1.807, 2.05) is 18.2 Å². The van der Waals surface area contributed by atoms with Crippen LogP contribution in [0.3, 0.4) is 0 Å². The highest BCUT2D eigenvalue weighted by Gasteiger charge is 2.25. The standard InChI is InChI=1S/C29H31FN2O3/c1-2-35-29(34)22-16-14-21(15-17-22)20-27(33)31-28(23-10-4-6-12-25(23)30)24-11-5-7-13-26(24)32-18-8-3-9-19-32/h4-7,10-17,28H,2-3,8-9,18-20H2,1H3,(H,31,33). The van der Waals surface area contributed by atoms with Crippen LogP contribution in [0.1, 0.15) is 59.3 Å². The van der Waals surface area contributed by atoms with Crippen LogP contribution in [0, 0.1) is 5.82 Å². The molecule has 35 heavy (non-hydrogen) atoms. The lowest BCUT2D eigenvalue weighted by Gasteiger charge is -2.33. The number of para-hydroxylation sites is 1. The van der Waals surface area contributed by atoms with Gasteiger partial charge in [0.1, 0.15) is 5.82 Å². The molecule has 0 aromatic heterocycles. The number of benzene rings is 3. The topological polar surface area (TPSA) is 58.6 Å². The molecule has 6 heteroatoms. The average Bonchev–Trinajstić information content (AvgIpc) is 2.89. The van der Waals surface area contributed by atoms with Gasteiger partial charge in [-0.1, -0.05) is 48.5 Å². The molecule has 1 saturated heterocycles. The fourth-order valence-corrected chi connectivity index (χ4v) is 4.56. The maximum Gasteiger partial charge on any atom is 0.338 e. The highest BCUT2D eigenvalue weighted by atomic mass is 19.1. The second-order valence-electron chi connectivity index (χ2n) is 8.72. The Kier molecular flexibility index (Phi) is 8.14. The summed E-state index contributed by atoms with van der Waals surface area (Å²) < 4.78 is 20.0. The predicted octanol–water partition coefficient (Wildman–Crippen LogP) is 5.44. The van der Waals surface area contributed by atoms with Crippen LogP contribution in [0.5, 0.6) is 0 Å². The second-order valence-corrected chi connectivity index (χ2v) is 8.72. The molecule has 1 heterocycles. The van der Waals surface area contributed by atoms with Gasteiger partial charge in [0.05, 0.1) is 24.6 Å². The molecule has 1 aliphatic heterocycles. The molecule has 0 saturated carbocycles. The molecule has 1 amide bonds. The van der Waals surface area contributed by atoms with Crippen LogP contribution in [0.2, 0.25) is 0 Å². The summed E-state index contributed by atoms with van der Waals surface area (Å²) in [4.78, 5) is 27.4. The first-order valence-electron chi connectivity index (χ1n) is 12.2. The molecule has 0 spiro atoms. The molecule has 5 nitrogen and oxygen atoms in total. The van der Waals surface area contributed by atoms with E-state index in [1.165, 1.54) is 12.5 Å². The zero-order valence-electron chi connectivity index (χ0n) is 20.0. The Hall–Kier alpha value is -3.67. The summed E-state index contributed by atoms with van der Waals surface area (Å²) in [6.07, 6.45) is 3.56. The Morgan fingerprint density at radius 2 is 1.57 bits per heavy atom. The summed E-state index contributed by atoms with van der Waals surface area (Å²) in [6.45, 7) is 3.95. The molecule has 0 bridgehead atoms. The number of esters is 1. The molecule has 0 radical (unpaired) electrons. The van der Waals surface area contributed by atoms with Crippen LogP contribution in [-0.4, -0.2) is 31.6 Å². The number of nitrogens with one attached hydrogen (secondary N) is 1. The number of hydrogen-bond acceptors (Lipinski definition) is 4. The van der Waals surface area contributed by atoms with Crippen molar-refractivity contribution in [1.29, 1.82) is 0 Å². The van der Waals surface area contributed by atoms with Crippen LogP contribution in [0.4, 0.5) is 10.1 Å². The first-order valence-corrected chi connectivity index (χ1v) is 12.2. The average molecular weight is 475 g/mol. The highest BCUT2D eigenvalue weighted by molar-refractivity contribution is 5.89. The second kappa shape index (κ2) is 11.6. The predicted molar refractivity (Wildman–Crippen MR) is 135 cm³/mol. The van der Waals surface area contributed by atoms with Gasteiger partial charge in [-0.05, 0) is 56.0 Å². The summed E-state index contributed by atoms with van der Waals surface area (Å²) in [7, 11) is 0. The lowest BCUT2D eigenvalue weighted by atomic mass is 9.95. The zero-order chi connectivity index (χ0) is 24.6. The van der Waals surface area contributed by atoms with Crippen molar-refractivity contribution in [3.63, 3.8) is 0 Å². The molecule has 3 aromatic carbocycles. The first-order chi connectivity index (χ1) is 17.1. The highest BCUT2D eigenvalue weighted by Crippen LogP contribution is 2.33. The van der Waals surface area contributed by atoms with Gasteiger partial charge in [-0.3, -0.25) is 4.79 Å². The zero-order valence-corrected chi connectivity index (χ0v) is 20.0. The lowest BCUT2D eigenvalue weighted by Crippen LogP contribution is -2.34. The number of anilines is 1. The molecular formula is C29H31FN2O3. The largest absolute Gasteiger partial charge is 0.462 e. The van der Waals surface area contributed by atoms with E-state index in [2.05, 4.69) is 16.3 Å². The number of piperidine rings is 1. The van der Waals surface area contributed by atoms with E-state index in [4.69, 9.17) is 4.74 Å². The van der Waals surface area contributed by atoms with Crippen molar-refractivity contribution in [1.82, 2.24) is 5.32 Å². The fraction of sp³-hybridized carbons (Fsp3) is 0.310. The van der Waals surface area contributed by atoms with Crippen molar-refractivity contribution in [3.8, 4) is 0 Å². The van der Waals surface area contributed by atoms with E-state index < -0.39 is 12.0 Å². The summed E-state index contributed by atoms with van der Waals surface area (Å²) in [5.41, 5.74) is 3.54. The van der Waals surface area contributed by atoms with Gasteiger partial charge in [0.15, 0.2) is 0 Å². The third-order valence-corrected chi connectivity index (χ3v) is 6.30. The van der Waals surface area contributed by atoms with Gasteiger partial charge in [-0.25, -0.2) is 9.18 Å². The minimum atomic E-state index is -0.624. The van der Waals surface area contributed by atoms with Crippen molar-refractivity contribution >= 4 is 17.6 Å². The van der Waals surface area contributed by atoms with Crippen LogP contribution < -0.4 is 10.2 Å². The monoisotopic (exact) mass is 474 g/mol. The molecule has 1 atom stereocenters. The van der Waals surface area contributed by atoms with E-state index in [0.717, 1.165) is 42.7 Å². The van der Waals surface area contributed by atoms with E-state index in [0.29, 0.717) is 17.7 Å². The Balaban J connectivity index is 1.59. The number of halogens is 1. The van der Waals surface area contributed by atoms with Crippen LogP contribution in [0.15, 0.2) is 72.8 Å². The van der Waals surface area contributed by atoms with Gasteiger partial charge in [0.2, 0.25) is 5.91 Å². The Labute approximate surface area is 205 Å². The van der Waals surface area contributed by atoms with Crippen LogP contribution >= 0.6 is 0 Å². The summed E-state index contributed by atoms with van der Waals surface area (Å²) >= 11 is 0. The van der Waals surface area contributed by atoms with Crippen LogP contribution in [0.25, 0.3) is 0 Å². The molecule has 1 N–H and O–H groups in total. The SMILES string of the molecule is CCOC(=O)c1ccc(CC(=O)NC(c2ccccc2F)c2ccccc2N2CCCCC2)cc1. The summed E-state index contributed by atoms with van der Waals surface area (Å²) in [6, 6.07) is 20.7. The van der Waals surface area contributed by atoms with Gasteiger partial charge < -0.3 is 15.0 Å². The lowest BCUT2D eigenvalue weighted by molar-refractivity contribution is -0.120. The number of carbonyl (C=O) groups is 2. The van der Waals surface area contributed by atoms with Gasteiger partial charge in [-0.15, -0.1) is 0 Å². The molecule has 182 valence electrons. The first kappa shape index (κ1) is 24.5. The summed E-state index contributed by atoms with van der Waals surface area (Å²) in [5.74, 6) is -0.974. The number of rotatable bonds is 8. The van der Waals surface area contributed by atoms with Gasteiger partial charge in [0.25, 0.3) is 0 Å². The molecule has 4 rings (SSSR count). The Bertz CT molecular complexity index is 1160. The number of amides is 1. The smallest absolute Gasteiger partial charge is 0.338 e.